The minimum absolute atomic E-state index is 0.0336. The van der Waals surface area contributed by atoms with Crippen LogP contribution in [0.1, 0.15) is 99.2 Å². The molecule has 0 radical (unpaired) electrons. The quantitative estimate of drug-likeness (QED) is 0.163. The fraction of sp³-hybridized carbons (Fsp3) is 0.432. The van der Waals surface area contributed by atoms with Crippen LogP contribution in [0, 0.1) is 23.2 Å². The van der Waals surface area contributed by atoms with E-state index in [0.717, 1.165) is 48.3 Å². The predicted molar refractivity (Wildman–Crippen MR) is 168 cm³/mol. The van der Waals surface area contributed by atoms with Gasteiger partial charge >= 0.3 is 5.97 Å². The summed E-state index contributed by atoms with van der Waals surface area (Å²) in [5, 5.41) is 9.05. The second kappa shape index (κ2) is 15.4. The lowest BCUT2D eigenvalue weighted by molar-refractivity contribution is -0.139. The normalized spacial score (nSPS) is 18.0. The van der Waals surface area contributed by atoms with Crippen molar-refractivity contribution in [2.45, 2.75) is 83.8 Å². The Hall–Kier alpha value is -3.91. The molecule has 42 heavy (non-hydrogen) atoms. The van der Waals surface area contributed by atoms with Gasteiger partial charge in [-0.15, -0.1) is 0 Å². The van der Waals surface area contributed by atoms with E-state index in [4.69, 9.17) is 10.00 Å². The molecule has 3 aromatic carbocycles. The molecule has 0 unspecified atom stereocenters. The summed E-state index contributed by atoms with van der Waals surface area (Å²) in [7, 11) is 1.85. The van der Waals surface area contributed by atoms with Crippen LogP contribution in [-0.4, -0.2) is 29.9 Å². The number of likely N-dealkylation sites (N-methyl/N-ethyl adjacent to an activating group) is 1. The number of ether oxygens (including phenoxy) is 1. The van der Waals surface area contributed by atoms with Crippen LogP contribution in [0.15, 0.2) is 78.9 Å². The van der Waals surface area contributed by atoms with Crippen LogP contribution < -0.4 is 0 Å². The van der Waals surface area contributed by atoms with Crippen molar-refractivity contribution in [3.8, 4) is 17.2 Å². The molecular formula is C37H44N2O3. The number of benzene rings is 3. The fourth-order valence-corrected chi connectivity index (χ4v) is 6.06. The molecule has 0 aliphatic heterocycles. The average molecular weight is 565 g/mol. The van der Waals surface area contributed by atoms with E-state index in [1.54, 1.807) is 29.2 Å². The summed E-state index contributed by atoms with van der Waals surface area (Å²) in [6.07, 6.45) is 10.0. The van der Waals surface area contributed by atoms with Gasteiger partial charge in [0.05, 0.1) is 23.2 Å². The highest BCUT2D eigenvalue weighted by atomic mass is 16.5. The monoisotopic (exact) mass is 564 g/mol. The van der Waals surface area contributed by atoms with Gasteiger partial charge in [0.2, 0.25) is 5.91 Å². The summed E-state index contributed by atoms with van der Waals surface area (Å²) in [6, 6.07) is 26.1. The van der Waals surface area contributed by atoms with Crippen LogP contribution in [0.25, 0.3) is 11.1 Å². The van der Waals surface area contributed by atoms with Gasteiger partial charge in [-0.1, -0.05) is 93.6 Å². The molecule has 4 rings (SSSR count). The maximum Gasteiger partial charge on any atom is 0.338 e. The number of amides is 1. The molecule has 0 aromatic heterocycles. The van der Waals surface area contributed by atoms with Gasteiger partial charge < -0.3 is 9.64 Å². The third-order valence-electron chi connectivity index (χ3n) is 8.89. The van der Waals surface area contributed by atoms with E-state index in [1.807, 2.05) is 68.6 Å². The van der Waals surface area contributed by atoms with E-state index in [0.29, 0.717) is 11.1 Å². The van der Waals surface area contributed by atoms with E-state index in [-0.39, 0.29) is 17.9 Å². The molecule has 3 aromatic rings. The maximum absolute atomic E-state index is 13.6. The topological polar surface area (TPSA) is 70.4 Å². The van der Waals surface area contributed by atoms with Crippen LogP contribution in [0.4, 0.5) is 0 Å². The Bertz CT molecular complexity index is 1320. The van der Waals surface area contributed by atoms with Crippen LogP contribution in [0.5, 0.6) is 0 Å². The summed E-state index contributed by atoms with van der Waals surface area (Å²) >= 11 is 0. The van der Waals surface area contributed by atoms with Crippen molar-refractivity contribution < 1.29 is 14.3 Å². The van der Waals surface area contributed by atoms with E-state index in [2.05, 4.69) is 13.0 Å². The Kier molecular flexibility index (Phi) is 11.3. The Balaban J connectivity index is 1.41. The summed E-state index contributed by atoms with van der Waals surface area (Å²) in [5.41, 5.74) is 3.84. The van der Waals surface area contributed by atoms with Crippen molar-refractivity contribution in [2.75, 3.05) is 7.05 Å². The summed E-state index contributed by atoms with van der Waals surface area (Å²) < 4.78 is 6.13. The number of nitriles is 1. The predicted octanol–water partition coefficient (Wildman–Crippen LogP) is 8.75. The first kappa shape index (κ1) is 31.0. The number of unbranched alkanes of at least 4 members (excludes halogenated alkanes) is 3. The molecule has 0 spiro atoms. The standard InChI is InChI=1S/C37H44N2O3/c1-4-5-6-8-11-28-14-20-33(21-15-28)36(40)39(3)27(2)35(32-12-9-7-10-13-32)42-37(41)34-24-22-31(23-25-34)30-18-16-29(26-38)17-19-30/h7,9-10,12-13,16-19,22-25,27-28,33,35H,4-6,8,11,14-15,20-21H2,1-3H3/t27-,28?,33?,35-/m1/s1. The van der Waals surface area contributed by atoms with Crippen LogP contribution in [0.3, 0.4) is 0 Å². The minimum atomic E-state index is -0.597. The van der Waals surface area contributed by atoms with Gasteiger partial charge in [0, 0.05) is 13.0 Å². The molecular weight excluding hydrogens is 520 g/mol. The molecule has 1 aliphatic rings. The van der Waals surface area contributed by atoms with Gasteiger partial charge in [-0.05, 0) is 79.5 Å². The van der Waals surface area contributed by atoms with E-state index < -0.39 is 12.1 Å². The second-order valence-electron chi connectivity index (χ2n) is 11.8. The van der Waals surface area contributed by atoms with E-state index >= 15 is 0 Å². The molecule has 0 saturated heterocycles. The lowest BCUT2D eigenvalue weighted by Crippen LogP contribution is -2.44. The van der Waals surface area contributed by atoms with Crippen molar-refractivity contribution in [3.05, 3.63) is 95.6 Å². The van der Waals surface area contributed by atoms with Gasteiger partial charge in [0.15, 0.2) is 0 Å². The van der Waals surface area contributed by atoms with E-state index in [9.17, 15) is 9.59 Å². The summed E-state index contributed by atoms with van der Waals surface area (Å²) in [5.74, 6) is 0.503. The molecule has 1 amide bonds. The van der Waals surface area contributed by atoms with Crippen LogP contribution in [0.2, 0.25) is 0 Å². The van der Waals surface area contributed by atoms with Gasteiger partial charge in [-0.25, -0.2) is 4.79 Å². The number of rotatable bonds is 12. The molecule has 0 bridgehead atoms. The highest BCUT2D eigenvalue weighted by Crippen LogP contribution is 2.35. The third kappa shape index (κ3) is 8.10. The van der Waals surface area contributed by atoms with Crippen LogP contribution >= 0.6 is 0 Å². The molecule has 1 saturated carbocycles. The molecule has 1 fully saturated rings. The Morgan fingerprint density at radius 2 is 1.50 bits per heavy atom. The Labute approximate surface area is 251 Å². The van der Waals surface area contributed by atoms with Crippen molar-refractivity contribution in [2.24, 2.45) is 11.8 Å². The molecule has 5 nitrogen and oxygen atoms in total. The molecule has 2 atom stereocenters. The van der Waals surface area contributed by atoms with Gasteiger partial charge in [-0.3, -0.25) is 4.79 Å². The van der Waals surface area contributed by atoms with Crippen molar-refractivity contribution in [3.63, 3.8) is 0 Å². The van der Waals surface area contributed by atoms with Gasteiger partial charge in [-0.2, -0.15) is 5.26 Å². The highest BCUT2D eigenvalue weighted by Gasteiger charge is 2.34. The molecule has 0 heterocycles. The van der Waals surface area contributed by atoms with E-state index in [1.165, 1.54) is 32.1 Å². The second-order valence-corrected chi connectivity index (χ2v) is 11.8. The number of nitrogens with zero attached hydrogens (tertiary/aromatic N) is 2. The zero-order valence-electron chi connectivity index (χ0n) is 25.3. The number of esters is 1. The summed E-state index contributed by atoms with van der Waals surface area (Å²) in [6.45, 7) is 4.21. The van der Waals surface area contributed by atoms with Gasteiger partial charge in [0.1, 0.15) is 6.10 Å². The van der Waals surface area contributed by atoms with Crippen molar-refractivity contribution in [1.82, 2.24) is 4.90 Å². The Morgan fingerprint density at radius 1 is 0.881 bits per heavy atom. The zero-order chi connectivity index (χ0) is 29.9. The number of carbonyl (C=O) groups excluding carboxylic acids is 2. The van der Waals surface area contributed by atoms with Crippen molar-refractivity contribution in [1.29, 1.82) is 5.26 Å². The molecule has 220 valence electrons. The maximum atomic E-state index is 13.6. The third-order valence-corrected chi connectivity index (χ3v) is 8.89. The first-order chi connectivity index (χ1) is 20.4. The Morgan fingerprint density at radius 3 is 2.10 bits per heavy atom. The molecule has 5 heteroatoms. The lowest BCUT2D eigenvalue weighted by Gasteiger charge is -2.36. The SMILES string of the molecule is CCCCCCC1CCC(C(=O)N(C)[C@H](C)[C@@H](OC(=O)c2ccc(-c3ccc(C#N)cc3)cc2)c2ccccc2)CC1. The smallest absolute Gasteiger partial charge is 0.338 e. The average Bonchev–Trinajstić information content (AvgIpc) is 3.05. The largest absolute Gasteiger partial charge is 0.452 e. The van der Waals surface area contributed by atoms with Crippen molar-refractivity contribution >= 4 is 11.9 Å². The van der Waals surface area contributed by atoms with Crippen LogP contribution in [-0.2, 0) is 9.53 Å². The first-order valence-electron chi connectivity index (χ1n) is 15.5. The molecule has 1 aliphatic carbocycles. The lowest BCUT2D eigenvalue weighted by atomic mass is 9.79. The number of hydrogen-bond donors (Lipinski definition) is 0. The first-order valence-corrected chi connectivity index (χ1v) is 15.5. The van der Waals surface area contributed by atoms with Gasteiger partial charge in [0.25, 0.3) is 0 Å². The zero-order valence-corrected chi connectivity index (χ0v) is 25.3. The molecule has 0 N–H and O–H groups in total. The fourth-order valence-electron chi connectivity index (χ4n) is 6.06. The summed E-state index contributed by atoms with van der Waals surface area (Å²) in [4.78, 5) is 28.8. The number of hydrogen-bond acceptors (Lipinski definition) is 4. The highest BCUT2D eigenvalue weighted by molar-refractivity contribution is 5.90. The minimum Gasteiger partial charge on any atom is -0.452 e. The number of carbonyl (C=O) groups is 2.